The fraction of sp³-hybridized carbons (Fsp3) is 0.909. The van der Waals surface area contributed by atoms with Crippen LogP contribution in [-0.2, 0) is 14.3 Å². The van der Waals surface area contributed by atoms with Crippen molar-refractivity contribution in [1.82, 2.24) is 0 Å². The molecule has 0 unspecified atom stereocenters. The van der Waals surface area contributed by atoms with Crippen molar-refractivity contribution in [3.63, 3.8) is 0 Å². The Morgan fingerprint density at radius 3 is 2.69 bits per heavy atom. The molecule has 3 nitrogen and oxygen atoms in total. The normalized spacial score (nSPS) is 24.2. The molecule has 1 saturated carbocycles. The summed E-state index contributed by atoms with van der Waals surface area (Å²) in [5.74, 6) is -0.963. The van der Waals surface area contributed by atoms with E-state index in [0.717, 1.165) is 12.8 Å². The largest absolute Gasteiger partial charge is 0.464 e. The predicted octanol–water partition coefficient (Wildman–Crippen LogP) is 2.39. The van der Waals surface area contributed by atoms with Gasteiger partial charge in [-0.2, -0.15) is 0 Å². The van der Waals surface area contributed by atoms with Crippen LogP contribution >= 0.6 is 0 Å². The lowest BCUT2D eigenvalue weighted by molar-refractivity contribution is -0.156. The van der Waals surface area contributed by atoms with Gasteiger partial charge in [0.25, 0.3) is 0 Å². The molecular formula is C11H18F2O3. The summed E-state index contributed by atoms with van der Waals surface area (Å²) < 4.78 is 34.2. The zero-order valence-corrected chi connectivity index (χ0v) is 9.46. The Morgan fingerprint density at radius 2 is 2.12 bits per heavy atom. The monoisotopic (exact) mass is 236 g/mol. The molecule has 5 heteroatoms. The van der Waals surface area contributed by atoms with E-state index in [-0.39, 0.29) is 12.7 Å². The Bertz CT molecular complexity index is 215. The maximum atomic E-state index is 12.1. The molecule has 1 aliphatic rings. The molecule has 0 aromatic heterocycles. The van der Waals surface area contributed by atoms with E-state index in [1.807, 2.05) is 6.92 Å². The van der Waals surface area contributed by atoms with Gasteiger partial charge in [0.2, 0.25) is 6.43 Å². The van der Waals surface area contributed by atoms with E-state index in [2.05, 4.69) is 0 Å². The molecule has 0 saturated heterocycles. The molecule has 16 heavy (non-hydrogen) atoms. The molecule has 0 aromatic rings. The maximum absolute atomic E-state index is 12.1. The second-order valence-corrected chi connectivity index (χ2v) is 4.07. The molecule has 0 atom stereocenters. The Kier molecular flexibility index (Phi) is 5.66. The van der Waals surface area contributed by atoms with Crippen LogP contribution < -0.4 is 0 Å². The average molecular weight is 236 g/mol. The van der Waals surface area contributed by atoms with Crippen molar-refractivity contribution >= 4 is 5.97 Å². The minimum atomic E-state index is -2.27. The van der Waals surface area contributed by atoms with Crippen molar-refractivity contribution in [3.8, 4) is 0 Å². The fourth-order valence-electron chi connectivity index (χ4n) is 1.51. The third kappa shape index (κ3) is 4.43. The van der Waals surface area contributed by atoms with Crippen molar-refractivity contribution in [2.24, 2.45) is 5.92 Å². The minimum absolute atomic E-state index is 0.121. The van der Waals surface area contributed by atoms with Crippen LogP contribution in [0.15, 0.2) is 0 Å². The van der Waals surface area contributed by atoms with Crippen LogP contribution in [0.4, 0.5) is 8.78 Å². The number of hydrogen-bond donors (Lipinski definition) is 0. The molecule has 0 aromatic carbocycles. The van der Waals surface area contributed by atoms with Gasteiger partial charge in [0.1, 0.15) is 6.61 Å². The lowest BCUT2D eigenvalue weighted by Gasteiger charge is -2.34. The first-order valence-electron chi connectivity index (χ1n) is 5.68. The van der Waals surface area contributed by atoms with E-state index in [4.69, 9.17) is 9.47 Å². The number of unbranched alkanes of at least 4 members (excludes halogenated alkanes) is 1. The molecule has 1 aliphatic carbocycles. The van der Waals surface area contributed by atoms with Crippen LogP contribution in [0.2, 0.25) is 0 Å². The molecule has 0 radical (unpaired) electrons. The maximum Gasteiger partial charge on any atom is 0.332 e. The van der Waals surface area contributed by atoms with Gasteiger partial charge in [0, 0.05) is 5.92 Å². The number of ether oxygens (including phenoxy) is 2. The van der Waals surface area contributed by atoms with Crippen molar-refractivity contribution in [2.45, 2.75) is 45.1 Å². The van der Waals surface area contributed by atoms with Crippen LogP contribution in [0.25, 0.3) is 0 Å². The van der Waals surface area contributed by atoms with Crippen LogP contribution in [0, 0.1) is 5.92 Å². The predicted molar refractivity (Wildman–Crippen MR) is 54.3 cm³/mol. The molecular weight excluding hydrogens is 218 g/mol. The number of alkyl halides is 2. The highest BCUT2D eigenvalue weighted by atomic mass is 19.3. The quantitative estimate of drug-likeness (QED) is 0.503. The van der Waals surface area contributed by atoms with Crippen LogP contribution in [-0.4, -0.2) is 31.7 Å². The number of halogens is 2. The first kappa shape index (κ1) is 13.4. The molecule has 0 bridgehead atoms. The molecule has 0 N–H and O–H groups in total. The summed E-state index contributed by atoms with van der Waals surface area (Å²) in [5.41, 5.74) is 0. The Morgan fingerprint density at radius 1 is 1.44 bits per heavy atom. The van der Waals surface area contributed by atoms with Crippen molar-refractivity contribution in [3.05, 3.63) is 0 Å². The molecule has 0 aliphatic heterocycles. The number of carbonyl (C=O) groups excluding carboxylic acids is 1. The lowest BCUT2D eigenvalue weighted by atomic mass is 9.83. The molecule has 0 amide bonds. The van der Waals surface area contributed by atoms with E-state index >= 15 is 0 Å². The molecule has 94 valence electrons. The summed E-state index contributed by atoms with van der Waals surface area (Å²) >= 11 is 0. The van der Waals surface area contributed by atoms with E-state index < -0.39 is 18.3 Å². The average Bonchev–Trinajstić information content (AvgIpc) is 2.15. The summed E-state index contributed by atoms with van der Waals surface area (Å²) in [7, 11) is 0. The van der Waals surface area contributed by atoms with Gasteiger partial charge in [-0.15, -0.1) is 0 Å². The summed E-state index contributed by atoms with van der Waals surface area (Å²) in [6.07, 6.45) is 0.0315. The van der Waals surface area contributed by atoms with Gasteiger partial charge in [-0.05, 0) is 19.3 Å². The van der Waals surface area contributed by atoms with Crippen molar-refractivity contribution < 1.29 is 23.0 Å². The lowest BCUT2D eigenvalue weighted by Crippen LogP contribution is -2.36. The van der Waals surface area contributed by atoms with Gasteiger partial charge in [0.05, 0.1) is 12.7 Å². The zero-order valence-electron chi connectivity index (χ0n) is 9.46. The number of carbonyl (C=O) groups is 1. The molecule has 1 rings (SSSR count). The Balaban J connectivity index is 1.97. The van der Waals surface area contributed by atoms with Crippen LogP contribution in [0.5, 0.6) is 0 Å². The third-order valence-corrected chi connectivity index (χ3v) is 2.69. The Hall–Kier alpha value is -0.710. The van der Waals surface area contributed by atoms with Gasteiger partial charge in [-0.1, -0.05) is 13.3 Å². The highest BCUT2D eigenvalue weighted by Crippen LogP contribution is 2.34. The zero-order chi connectivity index (χ0) is 12.0. The number of rotatable bonds is 7. The SMILES string of the molecule is CCCCOC(=O)COC1CC(C(F)F)C1. The molecule has 0 heterocycles. The van der Waals surface area contributed by atoms with Crippen molar-refractivity contribution in [2.75, 3.05) is 13.2 Å². The van der Waals surface area contributed by atoms with Gasteiger partial charge < -0.3 is 9.47 Å². The van der Waals surface area contributed by atoms with Gasteiger partial charge >= 0.3 is 5.97 Å². The van der Waals surface area contributed by atoms with E-state index in [1.165, 1.54) is 0 Å². The molecule has 0 spiro atoms. The summed E-state index contributed by atoms with van der Waals surface area (Å²) in [6, 6.07) is 0. The standard InChI is InChI=1S/C11H18F2O3/c1-2-3-4-15-10(14)7-16-9-5-8(6-9)11(12)13/h8-9,11H,2-7H2,1H3. The third-order valence-electron chi connectivity index (χ3n) is 2.69. The van der Waals surface area contributed by atoms with Gasteiger partial charge in [0.15, 0.2) is 0 Å². The summed E-state index contributed by atoms with van der Waals surface area (Å²) in [5, 5.41) is 0. The van der Waals surface area contributed by atoms with E-state index in [9.17, 15) is 13.6 Å². The first-order chi connectivity index (χ1) is 7.63. The van der Waals surface area contributed by atoms with Gasteiger partial charge in [-0.25, -0.2) is 13.6 Å². The summed E-state index contributed by atoms with van der Waals surface area (Å²) in [4.78, 5) is 11.1. The number of hydrogen-bond acceptors (Lipinski definition) is 3. The van der Waals surface area contributed by atoms with E-state index in [0.29, 0.717) is 19.4 Å². The van der Waals surface area contributed by atoms with Gasteiger partial charge in [-0.3, -0.25) is 0 Å². The second-order valence-electron chi connectivity index (χ2n) is 4.07. The second kappa shape index (κ2) is 6.78. The highest BCUT2D eigenvalue weighted by Gasteiger charge is 2.36. The highest BCUT2D eigenvalue weighted by molar-refractivity contribution is 5.70. The summed E-state index contributed by atoms with van der Waals surface area (Å²) in [6.45, 7) is 2.29. The van der Waals surface area contributed by atoms with E-state index in [1.54, 1.807) is 0 Å². The minimum Gasteiger partial charge on any atom is -0.464 e. The van der Waals surface area contributed by atoms with Crippen LogP contribution in [0.1, 0.15) is 32.6 Å². The fourth-order valence-corrected chi connectivity index (χ4v) is 1.51. The van der Waals surface area contributed by atoms with Crippen molar-refractivity contribution in [1.29, 1.82) is 0 Å². The first-order valence-corrected chi connectivity index (χ1v) is 5.68. The Labute approximate surface area is 94.1 Å². The number of esters is 1. The topological polar surface area (TPSA) is 35.5 Å². The van der Waals surface area contributed by atoms with Crippen LogP contribution in [0.3, 0.4) is 0 Å². The molecule has 1 fully saturated rings. The smallest absolute Gasteiger partial charge is 0.332 e.